The molecule has 0 spiro atoms. The summed E-state index contributed by atoms with van der Waals surface area (Å²) >= 11 is 0. The van der Waals surface area contributed by atoms with Gasteiger partial charge in [0.05, 0.1) is 13.2 Å². The Bertz CT molecular complexity index is 783. The molecule has 11 heteroatoms. The van der Waals surface area contributed by atoms with Crippen molar-refractivity contribution >= 4 is 13.4 Å². The molecule has 1 atom stereocenters. The van der Waals surface area contributed by atoms with Gasteiger partial charge < -0.3 is 29.2 Å². The average molecular weight is 550 g/mol. The van der Waals surface area contributed by atoms with Crippen LogP contribution in [0.1, 0.15) is 103 Å². The van der Waals surface area contributed by atoms with Crippen LogP contribution in [0.3, 0.4) is 0 Å². The molecule has 0 saturated carbocycles. The van der Waals surface area contributed by atoms with Gasteiger partial charge in [0.1, 0.15) is 6.35 Å². The Hall–Kier alpha value is -1.32. The zero-order valence-electron chi connectivity index (χ0n) is 22.7. The number of ether oxygens (including phenoxy) is 2. The van der Waals surface area contributed by atoms with Crippen molar-refractivity contribution in [2.45, 2.75) is 103 Å². The SMILES string of the molecule is CCCCCCCCCCCCCCCCOCCCOP(=O)(O)COCCNc1nc(=O)[nH]cc1F. The maximum atomic E-state index is 13.4. The fourth-order valence-electron chi connectivity index (χ4n) is 3.83. The van der Waals surface area contributed by atoms with Gasteiger partial charge in [0.25, 0.3) is 0 Å². The van der Waals surface area contributed by atoms with Crippen LogP contribution in [0.25, 0.3) is 0 Å². The largest absolute Gasteiger partial charge is 0.381 e. The van der Waals surface area contributed by atoms with Crippen LogP contribution in [0.2, 0.25) is 0 Å². The second-order valence-electron chi connectivity index (χ2n) is 9.40. The van der Waals surface area contributed by atoms with Crippen LogP contribution < -0.4 is 11.0 Å². The van der Waals surface area contributed by atoms with E-state index in [4.69, 9.17) is 14.0 Å². The first-order chi connectivity index (χ1) is 17.9. The highest BCUT2D eigenvalue weighted by Crippen LogP contribution is 2.41. The van der Waals surface area contributed by atoms with Crippen molar-refractivity contribution in [3.8, 4) is 0 Å². The van der Waals surface area contributed by atoms with Gasteiger partial charge in [0.15, 0.2) is 11.6 Å². The lowest BCUT2D eigenvalue weighted by atomic mass is 10.0. The summed E-state index contributed by atoms with van der Waals surface area (Å²) in [6.45, 7) is 3.68. The monoisotopic (exact) mass is 549 g/mol. The molecular weight excluding hydrogens is 500 g/mol. The molecule has 0 fully saturated rings. The van der Waals surface area contributed by atoms with Gasteiger partial charge in [-0.1, -0.05) is 90.4 Å². The summed E-state index contributed by atoms with van der Waals surface area (Å²) in [4.78, 5) is 26.4. The highest BCUT2D eigenvalue weighted by atomic mass is 31.2. The number of halogens is 1. The summed E-state index contributed by atoms with van der Waals surface area (Å²) in [7, 11) is -3.86. The van der Waals surface area contributed by atoms with Crippen LogP contribution >= 0.6 is 7.60 Å². The fraction of sp³-hybridized carbons (Fsp3) is 0.846. The normalized spacial score (nSPS) is 13.1. The molecule has 0 radical (unpaired) electrons. The standard InChI is InChI=1S/C26H49FN3O6P/c1-2-3-4-5-6-7-8-9-10-11-12-13-14-15-18-34-19-16-20-36-37(32,33)23-35-21-17-28-25-24(27)22-29-26(31)30-25/h22H,2-21,23H2,1H3,(H,32,33)(H2,28,29,30,31). The third kappa shape index (κ3) is 20.3. The van der Waals surface area contributed by atoms with Gasteiger partial charge >= 0.3 is 13.3 Å². The van der Waals surface area contributed by atoms with Gasteiger partial charge in [-0.05, 0) is 12.8 Å². The fourth-order valence-corrected chi connectivity index (χ4v) is 4.68. The first-order valence-corrected chi connectivity index (χ1v) is 15.8. The van der Waals surface area contributed by atoms with Crippen LogP contribution in [0, 0.1) is 5.82 Å². The molecular formula is C26H49FN3O6P. The zero-order valence-corrected chi connectivity index (χ0v) is 23.6. The lowest BCUT2D eigenvalue weighted by Gasteiger charge is -2.13. The van der Waals surface area contributed by atoms with Crippen LogP contribution in [-0.4, -0.2) is 54.2 Å². The van der Waals surface area contributed by atoms with E-state index in [1.165, 1.54) is 83.5 Å². The van der Waals surface area contributed by atoms with Crippen molar-refractivity contribution in [2.24, 2.45) is 0 Å². The summed E-state index contributed by atoms with van der Waals surface area (Å²) in [5.41, 5.74) is -0.679. The Kier molecular flexibility index (Phi) is 20.6. The molecule has 0 saturated heterocycles. The Morgan fingerprint density at radius 1 is 0.865 bits per heavy atom. The third-order valence-corrected chi connectivity index (χ3v) is 7.02. The first kappa shape index (κ1) is 33.7. The Balaban J connectivity index is 1.83. The number of rotatable bonds is 26. The molecule has 3 N–H and O–H groups in total. The number of unbranched alkanes of at least 4 members (excludes halogenated alkanes) is 13. The molecule has 1 aromatic rings. The van der Waals surface area contributed by atoms with Crippen molar-refractivity contribution < 1.29 is 27.8 Å². The van der Waals surface area contributed by atoms with E-state index in [1.54, 1.807) is 0 Å². The molecule has 0 amide bonds. The zero-order chi connectivity index (χ0) is 27.0. The number of nitrogens with zero attached hydrogens (tertiary/aromatic N) is 1. The van der Waals surface area contributed by atoms with E-state index < -0.39 is 25.5 Å². The average Bonchev–Trinajstić information content (AvgIpc) is 2.87. The highest BCUT2D eigenvalue weighted by molar-refractivity contribution is 7.52. The van der Waals surface area contributed by atoms with Crippen molar-refractivity contribution in [2.75, 3.05) is 44.6 Å². The minimum atomic E-state index is -3.86. The number of aromatic nitrogens is 2. The summed E-state index contributed by atoms with van der Waals surface area (Å²) < 4.78 is 41.1. The van der Waals surface area contributed by atoms with Crippen molar-refractivity contribution in [1.82, 2.24) is 9.97 Å². The maximum absolute atomic E-state index is 13.4. The van der Waals surface area contributed by atoms with E-state index in [-0.39, 0.29) is 25.6 Å². The lowest BCUT2D eigenvalue weighted by Crippen LogP contribution is -2.18. The molecule has 0 aliphatic carbocycles. The number of hydrogen-bond donors (Lipinski definition) is 3. The Morgan fingerprint density at radius 3 is 2.05 bits per heavy atom. The van der Waals surface area contributed by atoms with E-state index in [1.807, 2.05) is 0 Å². The summed E-state index contributed by atoms with van der Waals surface area (Å²) in [6, 6.07) is 0. The van der Waals surface area contributed by atoms with Crippen LogP contribution in [0.5, 0.6) is 0 Å². The molecule has 0 bridgehead atoms. The molecule has 1 heterocycles. The predicted octanol–water partition coefficient (Wildman–Crippen LogP) is 6.39. The first-order valence-electron chi connectivity index (χ1n) is 14.1. The second kappa shape index (κ2) is 22.6. The van der Waals surface area contributed by atoms with E-state index in [0.29, 0.717) is 19.6 Å². The highest BCUT2D eigenvalue weighted by Gasteiger charge is 2.19. The summed E-state index contributed by atoms with van der Waals surface area (Å²) in [6.07, 6.45) is 19.5. The van der Waals surface area contributed by atoms with Gasteiger partial charge in [0.2, 0.25) is 0 Å². The van der Waals surface area contributed by atoms with Gasteiger partial charge in [-0.15, -0.1) is 0 Å². The van der Waals surface area contributed by atoms with Crippen LogP contribution in [-0.2, 0) is 18.6 Å². The lowest BCUT2D eigenvalue weighted by molar-refractivity contribution is 0.108. The molecule has 9 nitrogen and oxygen atoms in total. The van der Waals surface area contributed by atoms with Crippen molar-refractivity contribution in [1.29, 1.82) is 0 Å². The topological polar surface area (TPSA) is 123 Å². The van der Waals surface area contributed by atoms with Crippen LogP contribution in [0.15, 0.2) is 11.0 Å². The van der Waals surface area contributed by atoms with Crippen molar-refractivity contribution in [3.05, 3.63) is 22.5 Å². The molecule has 1 unspecified atom stereocenters. The third-order valence-electron chi connectivity index (χ3n) is 5.92. The van der Waals surface area contributed by atoms with E-state index >= 15 is 0 Å². The Morgan fingerprint density at radius 2 is 1.43 bits per heavy atom. The number of anilines is 1. The van der Waals surface area contributed by atoms with E-state index in [0.717, 1.165) is 12.6 Å². The molecule has 0 aliphatic rings. The second-order valence-corrected chi connectivity index (χ2v) is 11.2. The smallest absolute Gasteiger partial charge is 0.353 e. The van der Waals surface area contributed by atoms with E-state index in [9.17, 15) is 18.6 Å². The van der Waals surface area contributed by atoms with Crippen molar-refractivity contribution in [3.63, 3.8) is 0 Å². The Labute approximate surface area is 221 Å². The van der Waals surface area contributed by atoms with Gasteiger partial charge in [-0.25, -0.2) is 9.18 Å². The number of H-pyrrole nitrogens is 1. The van der Waals surface area contributed by atoms with Gasteiger partial charge in [0, 0.05) is 26.0 Å². The molecule has 37 heavy (non-hydrogen) atoms. The number of hydrogen-bond acceptors (Lipinski definition) is 7. The quantitative estimate of drug-likeness (QED) is 0.0898. The summed E-state index contributed by atoms with van der Waals surface area (Å²) in [5.74, 6) is -0.910. The van der Waals surface area contributed by atoms with Crippen LogP contribution in [0.4, 0.5) is 10.2 Å². The van der Waals surface area contributed by atoms with Gasteiger partial charge in [-0.2, -0.15) is 4.98 Å². The molecule has 0 aromatic carbocycles. The molecule has 0 aliphatic heterocycles. The molecule has 1 rings (SSSR count). The molecule has 1 aromatic heterocycles. The maximum Gasteiger partial charge on any atom is 0.353 e. The summed E-state index contributed by atoms with van der Waals surface area (Å²) in [5, 5.41) is 2.59. The number of aromatic amines is 1. The van der Waals surface area contributed by atoms with E-state index in [2.05, 4.69) is 22.2 Å². The predicted molar refractivity (Wildman–Crippen MR) is 146 cm³/mol. The number of nitrogens with one attached hydrogen (secondary N) is 2. The van der Waals surface area contributed by atoms with Gasteiger partial charge in [-0.3, -0.25) is 4.57 Å². The minimum absolute atomic E-state index is 0.0180. The minimum Gasteiger partial charge on any atom is -0.381 e. The molecule has 216 valence electrons.